The Hall–Kier alpha value is -2.50. The first kappa shape index (κ1) is 14.9. The molecule has 21 heavy (non-hydrogen) atoms. The van der Waals surface area contributed by atoms with Gasteiger partial charge in [-0.1, -0.05) is 13.0 Å². The summed E-state index contributed by atoms with van der Waals surface area (Å²) in [4.78, 5) is 20.3. The van der Waals surface area contributed by atoms with E-state index < -0.39 is 11.7 Å². The van der Waals surface area contributed by atoms with Crippen molar-refractivity contribution in [2.24, 2.45) is 0 Å². The quantitative estimate of drug-likeness (QED) is 0.887. The van der Waals surface area contributed by atoms with Crippen LogP contribution >= 0.6 is 0 Å². The van der Waals surface area contributed by atoms with E-state index in [1.165, 1.54) is 6.07 Å². The molecule has 2 aromatic heterocycles. The maximum atomic E-state index is 13.4. The van der Waals surface area contributed by atoms with Crippen LogP contribution in [0.25, 0.3) is 0 Å². The Kier molecular flexibility index (Phi) is 4.81. The average Bonchev–Trinajstić information content (AvgIpc) is 2.48. The molecule has 2 rings (SSSR count). The minimum absolute atomic E-state index is 0.161. The Morgan fingerprint density at radius 2 is 2.14 bits per heavy atom. The van der Waals surface area contributed by atoms with Crippen molar-refractivity contribution in [2.45, 2.75) is 20.3 Å². The van der Waals surface area contributed by atoms with Crippen LogP contribution in [0.1, 0.15) is 29.3 Å². The number of hydrogen-bond acceptors (Lipinski definition) is 4. The number of pyridine rings is 2. The second-order valence-corrected chi connectivity index (χ2v) is 4.60. The monoisotopic (exact) mass is 288 g/mol. The van der Waals surface area contributed by atoms with E-state index in [9.17, 15) is 9.18 Å². The molecular weight excluding hydrogens is 271 g/mol. The number of carbonyl (C=O) groups excluding carboxylic acids is 1. The van der Waals surface area contributed by atoms with Crippen LogP contribution in [0.4, 0.5) is 16.0 Å². The first-order valence-electron chi connectivity index (χ1n) is 6.74. The van der Waals surface area contributed by atoms with Crippen LogP contribution in [0.2, 0.25) is 0 Å². The first-order valence-corrected chi connectivity index (χ1v) is 6.74. The van der Waals surface area contributed by atoms with Gasteiger partial charge in [0, 0.05) is 12.7 Å². The Morgan fingerprint density at radius 1 is 1.33 bits per heavy atom. The summed E-state index contributed by atoms with van der Waals surface area (Å²) in [7, 11) is 0. The normalized spacial score (nSPS) is 10.2. The number of halogens is 1. The average molecular weight is 288 g/mol. The maximum Gasteiger partial charge on any atom is 0.260 e. The Labute approximate surface area is 122 Å². The van der Waals surface area contributed by atoms with Crippen LogP contribution in [0.5, 0.6) is 0 Å². The highest BCUT2D eigenvalue weighted by atomic mass is 19.1. The number of rotatable bonds is 5. The molecule has 0 atom stereocenters. The minimum Gasteiger partial charge on any atom is -0.369 e. The van der Waals surface area contributed by atoms with Crippen molar-refractivity contribution in [3.05, 3.63) is 47.5 Å². The van der Waals surface area contributed by atoms with Crippen LogP contribution in [-0.4, -0.2) is 22.4 Å². The molecule has 2 N–H and O–H groups in total. The SMILES string of the molecule is CCCNc1ncc(F)cc1C(=O)Nc1ncccc1C. The molecule has 0 aliphatic carbocycles. The summed E-state index contributed by atoms with van der Waals surface area (Å²) in [5.41, 5.74) is 0.992. The van der Waals surface area contributed by atoms with Gasteiger partial charge in [0.05, 0.1) is 11.8 Å². The number of carbonyl (C=O) groups is 1. The molecule has 0 radical (unpaired) electrons. The highest BCUT2D eigenvalue weighted by Gasteiger charge is 2.15. The zero-order valence-electron chi connectivity index (χ0n) is 12.0. The zero-order chi connectivity index (χ0) is 15.2. The van der Waals surface area contributed by atoms with Gasteiger partial charge >= 0.3 is 0 Å². The van der Waals surface area contributed by atoms with Crippen molar-refractivity contribution in [1.82, 2.24) is 9.97 Å². The van der Waals surface area contributed by atoms with E-state index in [2.05, 4.69) is 20.6 Å². The third-order valence-electron chi connectivity index (χ3n) is 2.88. The molecule has 0 saturated carbocycles. The maximum absolute atomic E-state index is 13.4. The smallest absolute Gasteiger partial charge is 0.260 e. The molecule has 0 saturated heterocycles. The molecule has 0 aliphatic rings. The minimum atomic E-state index is -0.556. The van der Waals surface area contributed by atoms with E-state index in [4.69, 9.17) is 0 Å². The number of aryl methyl sites for hydroxylation is 1. The van der Waals surface area contributed by atoms with Gasteiger partial charge in [-0.2, -0.15) is 0 Å². The lowest BCUT2D eigenvalue weighted by Gasteiger charge is -2.11. The Morgan fingerprint density at radius 3 is 2.86 bits per heavy atom. The highest BCUT2D eigenvalue weighted by molar-refractivity contribution is 6.07. The van der Waals surface area contributed by atoms with Gasteiger partial charge in [0.2, 0.25) is 0 Å². The first-order chi connectivity index (χ1) is 10.1. The predicted molar refractivity (Wildman–Crippen MR) is 79.9 cm³/mol. The third kappa shape index (κ3) is 3.75. The van der Waals surface area contributed by atoms with Crippen LogP contribution in [0.3, 0.4) is 0 Å². The van der Waals surface area contributed by atoms with E-state index in [-0.39, 0.29) is 5.56 Å². The number of aromatic nitrogens is 2. The molecule has 5 nitrogen and oxygen atoms in total. The van der Waals surface area contributed by atoms with Gasteiger partial charge in [-0.25, -0.2) is 14.4 Å². The number of amides is 1. The molecule has 0 aliphatic heterocycles. The fraction of sp³-hybridized carbons (Fsp3) is 0.267. The third-order valence-corrected chi connectivity index (χ3v) is 2.88. The molecule has 110 valence electrons. The van der Waals surface area contributed by atoms with Gasteiger partial charge in [0.15, 0.2) is 0 Å². The number of anilines is 2. The van der Waals surface area contributed by atoms with E-state index in [1.54, 1.807) is 12.3 Å². The van der Waals surface area contributed by atoms with Gasteiger partial charge < -0.3 is 10.6 Å². The van der Waals surface area contributed by atoms with Crippen LogP contribution in [0, 0.1) is 12.7 Å². The van der Waals surface area contributed by atoms with Crippen molar-refractivity contribution in [1.29, 1.82) is 0 Å². The molecule has 0 spiro atoms. The molecule has 0 unspecified atom stereocenters. The number of nitrogens with zero attached hydrogens (tertiary/aromatic N) is 2. The lowest BCUT2D eigenvalue weighted by Crippen LogP contribution is -2.17. The topological polar surface area (TPSA) is 66.9 Å². The van der Waals surface area contributed by atoms with E-state index >= 15 is 0 Å². The van der Waals surface area contributed by atoms with Crippen LogP contribution < -0.4 is 10.6 Å². The van der Waals surface area contributed by atoms with Gasteiger partial charge in [-0.15, -0.1) is 0 Å². The van der Waals surface area contributed by atoms with Gasteiger partial charge in [-0.05, 0) is 31.0 Å². The molecule has 1 amide bonds. The standard InChI is InChI=1S/C15H17FN4O/c1-3-6-17-14-12(8-11(16)9-19-14)15(21)20-13-10(2)5-4-7-18-13/h4-5,7-9H,3,6H2,1-2H3,(H,17,19)(H,18,20,21). The summed E-state index contributed by atoms with van der Waals surface area (Å²) in [5, 5.41) is 5.69. The molecule has 2 heterocycles. The van der Waals surface area contributed by atoms with Gasteiger partial charge in [-0.3, -0.25) is 4.79 Å². The van der Waals surface area contributed by atoms with Crippen molar-refractivity contribution >= 4 is 17.5 Å². The zero-order valence-corrected chi connectivity index (χ0v) is 12.0. The molecule has 0 bridgehead atoms. The van der Waals surface area contributed by atoms with Crippen LogP contribution in [0.15, 0.2) is 30.6 Å². The molecule has 0 fully saturated rings. The summed E-state index contributed by atoms with van der Waals surface area (Å²) in [6.45, 7) is 4.48. The van der Waals surface area contributed by atoms with Gasteiger partial charge in [0.25, 0.3) is 5.91 Å². The van der Waals surface area contributed by atoms with Crippen molar-refractivity contribution in [3.63, 3.8) is 0 Å². The molecule has 2 aromatic rings. The summed E-state index contributed by atoms with van der Waals surface area (Å²) in [6.07, 6.45) is 3.54. The fourth-order valence-corrected chi connectivity index (χ4v) is 1.79. The van der Waals surface area contributed by atoms with E-state index in [0.29, 0.717) is 18.2 Å². The molecule has 6 heteroatoms. The van der Waals surface area contributed by atoms with Gasteiger partial charge in [0.1, 0.15) is 17.5 Å². The summed E-state index contributed by atoms with van der Waals surface area (Å²) >= 11 is 0. The summed E-state index contributed by atoms with van der Waals surface area (Å²) < 4.78 is 13.4. The Balaban J connectivity index is 2.25. The summed E-state index contributed by atoms with van der Waals surface area (Å²) in [6, 6.07) is 4.78. The predicted octanol–water partition coefficient (Wildman–Crippen LogP) is 3.00. The van der Waals surface area contributed by atoms with Crippen molar-refractivity contribution in [2.75, 3.05) is 17.2 Å². The highest BCUT2D eigenvalue weighted by Crippen LogP contribution is 2.17. The van der Waals surface area contributed by atoms with Crippen LogP contribution in [-0.2, 0) is 0 Å². The number of nitrogens with one attached hydrogen (secondary N) is 2. The summed E-state index contributed by atoms with van der Waals surface area (Å²) in [5.74, 6) is -0.181. The molecular formula is C15H17FN4O. The Bertz CT molecular complexity index is 645. The van der Waals surface area contributed by atoms with E-state index in [1.807, 2.05) is 19.9 Å². The fourth-order valence-electron chi connectivity index (χ4n) is 1.79. The largest absolute Gasteiger partial charge is 0.369 e. The lowest BCUT2D eigenvalue weighted by molar-refractivity contribution is 0.102. The van der Waals surface area contributed by atoms with Crippen molar-refractivity contribution in [3.8, 4) is 0 Å². The lowest BCUT2D eigenvalue weighted by atomic mass is 10.2. The second kappa shape index (κ2) is 6.78. The van der Waals surface area contributed by atoms with E-state index in [0.717, 1.165) is 18.2 Å². The van der Waals surface area contributed by atoms with Crippen molar-refractivity contribution < 1.29 is 9.18 Å². The molecule has 0 aromatic carbocycles. The second-order valence-electron chi connectivity index (χ2n) is 4.60. The number of hydrogen-bond donors (Lipinski definition) is 2.